The molecule has 5 nitrogen and oxygen atoms in total. The first-order valence-corrected chi connectivity index (χ1v) is 6.72. The third-order valence-corrected chi connectivity index (χ3v) is 3.70. The first-order chi connectivity index (χ1) is 9.24. The van der Waals surface area contributed by atoms with Gasteiger partial charge in [-0.05, 0) is 24.6 Å². The molecule has 0 bridgehead atoms. The second kappa shape index (κ2) is 5.19. The van der Waals surface area contributed by atoms with Crippen LogP contribution in [0.25, 0.3) is 11.0 Å². The lowest BCUT2D eigenvalue weighted by Gasteiger charge is -2.10. The Kier molecular flexibility index (Phi) is 3.40. The summed E-state index contributed by atoms with van der Waals surface area (Å²) in [5.41, 5.74) is 1.61. The standard InChI is InChI=1S/C13H15ClN4O/c14-10-2-4-16-13-12(10)8(6-17-13)5-11(19)18-9-1-3-15-7-9/h2,4,6,9,15H,1,3,5,7H2,(H,16,17)(H,18,19). The number of nitrogens with zero attached hydrogens (tertiary/aromatic N) is 1. The van der Waals surface area contributed by atoms with Crippen LogP contribution in [0.15, 0.2) is 18.5 Å². The van der Waals surface area contributed by atoms with Crippen LogP contribution in [-0.4, -0.2) is 35.0 Å². The van der Waals surface area contributed by atoms with Crippen molar-refractivity contribution in [3.8, 4) is 0 Å². The molecular weight excluding hydrogens is 264 g/mol. The van der Waals surface area contributed by atoms with E-state index in [-0.39, 0.29) is 11.9 Å². The van der Waals surface area contributed by atoms with Crippen LogP contribution < -0.4 is 10.6 Å². The third-order valence-electron chi connectivity index (χ3n) is 3.38. The molecule has 1 amide bonds. The van der Waals surface area contributed by atoms with Gasteiger partial charge in [0.05, 0.1) is 11.4 Å². The highest BCUT2D eigenvalue weighted by molar-refractivity contribution is 6.35. The smallest absolute Gasteiger partial charge is 0.224 e. The van der Waals surface area contributed by atoms with Crippen LogP contribution in [0.1, 0.15) is 12.0 Å². The van der Waals surface area contributed by atoms with Gasteiger partial charge in [0.15, 0.2) is 0 Å². The van der Waals surface area contributed by atoms with Crippen LogP contribution in [0.4, 0.5) is 0 Å². The second-order valence-electron chi connectivity index (χ2n) is 4.76. The fraction of sp³-hybridized carbons (Fsp3) is 0.385. The molecule has 1 unspecified atom stereocenters. The van der Waals surface area contributed by atoms with E-state index in [0.29, 0.717) is 11.4 Å². The normalized spacial score (nSPS) is 18.9. The molecule has 1 saturated heterocycles. The van der Waals surface area contributed by atoms with E-state index in [4.69, 9.17) is 11.6 Å². The number of pyridine rings is 1. The number of amides is 1. The van der Waals surface area contributed by atoms with Gasteiger partial charge < -0.3 is 15.6 Å². The maximum atomic E-state index is 12.0. The Morgan fingerprint density at radius 1 is 1.58 bits per heavy atom. The average Bonchev–Trinajstić information content (AvgIpc) is 3.00. The molecule has 19 heavy (non-hydrogen) atoms. The zero-order chi connectivity index (χ0) is 13.2. The summed E-state index contributed by atoms with van der Waals surface area (Å²) in [5.74, 6) is 0.0227. The van der Waals surface area contributed by atoms with E-state index in [1.807, 2.05) is 0 Å². The van der Waals surface area contributed by atoms with Crippen molar-refractivity contribution in [2.24, 2.45) is 0 Å². The van der Waals surface area contributed by atoms with Crippen molar-refractivity contribution in [2.45, 2.75) is 18.9 Å². The monoisotopic (exact) mass is 278 g/mol. The highest BCUT2D eigenvalue weighted by Gasteiger charge is 2.18. The highest BCUT2D eigenvalue weighted by Crippen LogP contribution is 2.25. The summed E-state index contributed by atoms with van der Waals surface area (Å²) in [7, 11) is 0. The predicted molar refractivity (Wildman–Crippen MR) is 74.2 cm³/mol. The molecule has 0 radical (unpaired) electrons. The molecular formula is C13H15ClN4O. The molecule has 0 spiro atoms. The molecule has 1 fully saturated rings. The van der Waals surface area contributed by atoms with Crippen LogP contribution in [0.5, 0.6) is 0 Å². The van der Waals surface area contributed by atoms with E-state index >= 15 is 0 Å². The van der Waals surface area contributed by atoms with E-state index < -0.39 is 0 Å². The number of hydrogen-bond acceptors (Lipinski definition) is 3. The summed E-state index contributed by atoms with van der Waals surface area (Å²) < 4.78 is 0. The van der Waals surface area contributed by atoms with Crippen LogP contribution >= 0.6 is 11.6 Å². The van der Waals surface area contributed by atoms with Gasteiger partial charge in [0.2, 0.25) is 5.91 Å². The first kappa shape index (κ1) is 12.4. The highest BCUT2D eigenvalue weighted by atomic mass is 35.5. The SMILES string of the molecule is O=C(Cc1c[nH]c2nccc(Cl)c12)NC1CCNC1. The minimum atomic E-state index is 0.0227. The lowest BCUT2D eigenvalue weighted by atomic mass is 10.1. The second-order valence-corrected chi connectivity index (χ2v) is 5.17. The van der Waals surface area contributed by atoms with Crippen LogP contribution in [0.3, 0.4) is 0 Å². The number of rotatable bonds is 3. The van der Waals surface area contributed by atoms with E-state index in [0.717, 1.165) is 36.1 Å². The Balaban J connectivity index is 1.75. The maximum Gasteiger partial charge on any atom is 0.224 e. The fourth-order valence-electron chi connectivity index (χ4n) is 2.45. The molecule has 6 heteroatoms. The maximum absolute atomic E-state index is 12.0. The van der Waals surface area contributed by atoms with Gasteiger partial charge in [0.1, 0.15) is 5.65 Å². The Bertz CT molecular complexity index is 604. The van der Waals surface area contributed by atoms with Crippen LogP contribution in [0.2, 0.25) is 5.02 Å². The summed E-state index contributed by atoms with van der Waals surface area (Å²) in [6.45, 7) is 1.82. The quantitative estimate of drug-likeness (QED) is 0.791. The van der Waals surface area contributed by atoms with E-state index in [1.165, 1.54) is 0 Å². The number of aromatic nitrogens is 2. The number of aromatic amines is 1. The molecule has 1 aliphatic rings. The zero-order valence-corrected chi connectivity index (χ0v) is 11.1. The fourth-order valence-corrected chi connectivity index (χ4v) is 2.72. The van der Waals surface area contributed by atoms with Crippen molar-refractivity contribution in [2.75, 3.05) is 13.1 Å². The van der Waals surface area contributed by atoms with Gasteiger partial charge in [0.25, 0.3) is 0 Å². The average molecular weight is 279 g/mol. The topological polar surface area (TPSA) is 69.8 Å². The molecule has 100 valence electrons. The number of halogens is 1. The number of fused-ring (bicyclic) bond motifs is 1. The van der Waals surface area contributed by atoms with Crippen molar-refractivity contribution >= 4 is 28.5 Å². The van der Waals surface area contributed by atoms with Gasteiger partial charge in [-0.25, -0.2) is 4.98 Å². The van der Waals surface area contributed by atoms with Crippen LogP contribution in [-0.2, 0) is 11.2 Å². The van der Waals surface area contributed by atoms with Crippen LogP contribution in [0, 0.1) is 0 Å². The lowest BCUT2D eigenvalue weighted by Crippen LogP contribution is -2.37. The predicted octanol–water partition coefficient (Wildman–Crippen LogP) is 1.24. The Labute approximate surface area is 115 Å². The molecule has 3 heterocycles. The molecule has 2 aromatic heterocycles. The molecule has 3 N–H and O–H groups in total. The van der Waals surface area contributed by atoms with Gasteiger partial charge in [-0.15, -0.1) is 0 Å². The molecule has 1 aliphatic heterocycles. The molecule has 0 saturated carbocycles. The summed E-state index contributed by atoms with van der Waals surface area (Å²) in [4.78, 5) is 19.2. The molecule has 3 rings (SSSR count). The number of H-pyrrole nitrogens is 1. The lowest BCUT2D eigenvalue weighted by molar-refractivity contribution is -0.121. The number of nitrogens with one attached hydrogen (secondary N) is 3. The van der Waals surface area contributed by atoms with Crippen molar-refractivity contribution in [3.05, 3.63) is 29.0 Å². The van der Waals surface area contributed by atoms with Gasteiger partial charge in [0, 0.05) is 30.4 Å². The first-order valence-electron chi connectivity index (χ1n) is 6.34. The number of carbonyl (C=O) groups is 1. The number of carbonyl (C=O) groups excluding carboxylic acids is 1. The van der Waals surface area contributed by atoms with Gasteiger partial charge in [-0.2, -0.15) is 0 Å². The number of hydrogen-bond donors (Lipinski definition) is 3. The Hall–Kier alpha value is -1.59. The summed E-state index contributed by atoms with van der Waals surface area (Å²) in [6.07, 6.45) is 4.76. The summed E-state index contributed by atoms with van der Waals surface area (Å²) in [5, 5.41) is 7.70. The molecule has 2 aromatic rings. The molecule has 0 aromatic carbocycles. The van der Waals surface area contributed by atoms with E-state index in [9.17, 15) is 4.79 Å². The molecule has 1 atom stereocenters. The van der Waals surface area contributed by atoms with Gasteiger partial charge >= 0.3 is 0 Å². The summed E-state index contributed by atoms with van der Waals surface area (Å²) in [6, 6.07) is 1.98. The molecule has 0 aliphatic carbocycles. The van der Waals surface area contributed by atoms with Crippen molar-refractivity contribution < 1.29 is 4.79 Å². The minimum absolute atomic E-state index is 0.0227. The van der Waals surface area contributed by atoms with E-state index in [2.05, 4.69) is 20.6 Å². The van der Waals surface area contributed by atoms with Crippen molar-refractivity contribution in [3.63, 3.8) is 0 Å². The largest absolute Gasteiger partial charge is 0.352 e. The van der Waals surface area contributed by atoms with Gasteiger partial charge in [-0.1, -0.05) is 11.6 Å². The van der Waals surface area contributed by atoms with Crippen molar-refractivity contribution in [1.82, 2.24) is 20.6 Å². The zero-order valence-electron chi connectivity index (χ0n) is 10.4. The van der Waals surface area contributed by atoms with Crippen molar-refractivity contribution in [1.29, 1.82) is 0 Å². The Morgan fingerprint density at radius 3 is 3.26 bits per heavy atom. The van der Waals surface area contributed by atoms with Gasteiger partial charge in [-0.3, -0.25) is 4.79 Å². The minimum Gasteiger partial charge on any atom is -0.352 e. The van der Waals surface area contributed by atoms with E-state index in [1.54, 1.807) is 18.5 Å². The third kappa shape index (κ3) is 2.57. The Morgan fingerprint density at radius 2 is 2.47 bits per heavy atom. The summed E-state index contributed by atoms with van der Waals surface area (Å²) >= 11 is 6.16.